The molecule has 0 unspecified atom stereocenters. The van der Waals surface area contributed by atoms with Crippen molar-refractivity contribution in [1.82, 2.24) is 9.78 Å². The first kappa shape index (κ1) is 12.4. The van der Waals surface area contributed by atoms with Gasteiger partial charge in [-0.15, -0.1) is 0 Å². The molecule has 1 aromatic heterocycles. The van der Waals surface area contributed by atoms with Crippen LogP contribution >= 0.6 is 27.5 Å². The van der Waals surface area contributed by atoms with E-state index in [2.05, 4.69) is 21.0 Å². The van der Waals surface area contributed by atoms with Crippen LogP contribution in [-0.2, 0) is 6.54 Å². The first-order valence-corrected chi connectivity index (χ1v) is 6.08. The number of hydrogen-bond donors (Lipinski definition) is 1. The largest absolute Gasteiger partial charge is 0.383 e. The number of rotatable bonds is 2. The molecule has 0 aliphatic rings. The molecular weight excluding hydrogens is 308 g/mol. The van der Waals surface area contributed by atoms with E-state index in [0.717, 1.165) is 15.7 Å². The summed E-state index contributed by atoms with van der Waals surface area (Å²) in [5.74, 6) is 0.115. The minimum Gasteiger partial charge on any atom is -0.383 e. The maximum Gasteiger partial charge on any atom is 0.141 e. The van der Waals surface area contributed by atoms with Gasteiger partial charge in [-0.2, -0.15) is 5.10 Å². The van der Waals surface area contributed by atoms with Gasteiger partial charge in [0, 0.05) is 0 Å². The van der Waals surface area contributed by atoms with Gasteiger partial charge in [0.2, 0.25) is 0 Å². The standard InChI is InChI=1S/C11H10BrClFN3/c1-6-10(12)11(15)17(16-6)5-7-2-3-9(14)8(13)4-7/h2-4H,5,15H2,1H3. The molecule has 0 spiro atoms. The third-order valence-electron chi connectivity index (χ3n) is 2.41. The molecule has 0 aliphatic heterocycles. The van der Waals surface area contributed by atoms with Gasteiger partial charge in [-0.25, -0.2) is 9.07 Å². The highest BCUT2D eigenvalue weighted by atomic mass is 79.9. The van der Waals surface area contributed by atoms with Crippen molar-refractivity contribution < 1.29 is 4.39 Å². The van der Waals surface area contributed by atoms with Gasteiger partial charge in [0.15, 0.2) is 0 Å². The van der Waals surface area contributed by atoms with Crippen molar-refractivity contribution in [2.45, 2.75) is 13.5 Å². The van der Waals surface area contributed by atoms with E-state index >= 15 is 0 Å². The topological polar surface area (TPSA) is 43.8 Å². The summed E-state index contributed by atoms with van der Waals surface area (Å²) >= 11 is 9.06. The molecule has 6 heteroatoms. The number of nitrogens with zero attached hydrogens (tertiary/aromatic N) is 2. The molecule has 0 saturated heterocycles. The Bertz CT molecular complexity index is 568. The summed E-state index contributed by atoms with van der Waals surface area (Å²) in [5, 5.41) is 4.37. The zero-order valence-electron chi connectivity index (χ0n) is 9.04. The zero-order chi connectivity index (χ0) is 12.6. The Morgan fingerprint density at radius 1 is 1.53 bits per heavy atom. The van der Waals surface area contributed by atoms with Crippen LogP contribution in [0.5, 0.6) is 0 Å². The molecule has 90 valence electrons. The van der Waals surface area contributed by atoms with E-state index in [0.29, 0.717) is 12.4 Å². The van der Waals surface area contributed by atoms with Crippen LogP contribution < -0.4 is 5.73 Å². The smallest absolute Gasteiger partial charge is 0.141 e. The minimum atomic E-state index is -0.429. The summed E-state index contributed by atoms with van der Waals surface area (Å²) in [6.07, 6.45) is 0. The molecule has 17 heavy (non-hydrogen) atoms. The highest BCUT2D eigenvalue weighted by Crippen LogP contribution is 2.24. The van der Waals surface area contributed by atoms with E-state index in [1.165, 1.54) is 6.07 Å². The summed E-state index contributed by atoms with van der Waals surface area (Å²) in [4.78, 5) is 0. The Hall–Kier alpha value is -1.07. The Kier molecular flexibility index (Phi) is 3.40. The summed E-state index contributed by atoms with van der Waals surface area (Å²) in [6.45, 7) is 2.31. The molecule has 2 N–H and O–H groups in total. The zero-order valence-corrected chi connectivity index (χ0v) is 11.4. The monoisotopic (exact) mass is 317 g/mol. The number of anilines is 1. The molecule has 1 aromatic carbocycles. The first-order chi connectivity index (χ1) is 7.99. The number of halogens is 3. The molecule has 2 aromatic rings. The molecule has 0 saturated carbocycles. The third-order valence-corrected chi connectivity index (χ3v) is 3.68. The summed E-state index contributed by atoms with van der Waals surface area (Å²) in [5.41, 5.74) is 7.53. The molecule has 0 fully saturated rings. The number of benzene rings is 1. The quantitative estimate of drug-likeness (QED) is 0.922. The van der Waals surface area contributed by atoms with Gasteiger partial charge >= 0.3 is 0 Å². The predicted octanol–water partition coefficient (Wildman–Crippen LogP) is 3.38. The number of nitrogen functional groups attached to an aromatic ring is 1. The van der Waals surface area contributed by atoms with E-state index in [-0.39, 0.29) is 5.02 Å². The van der Waals surface area contributed by atoms with Crippen LogP contribution in [0.2, 0.25) is 5.02 Å². The fourth-order valence-electron chi connectivity index (χ4n) is 1.51. The fourth-order valence-corrected chi connectivity index (χ4v) is 2.00. The van der Waals surface area contributed by atoms with Crippen molar-refractivity contribution in [3.63, 3.8) is 0 Å². The second-order valence-electron chi connectivity index (χ2n) is 3.69. The third kappa shape index (κ3) is 2.45. The number of aromatic nitrogens is 2. The SMILES string of the molecule is Cc1nn(Cc2ccc(F)c(Cl)c2)c(N)c1Br. The fraction of sp³-hybridized carbons (Fsp3) is 0.182. The first-order valence-electron chi connectivity index (χ1n) is 4.91. The normalized spacial score (nSPS) is 10.8. The van der Waals surface area contributed by atoms with Gasteiger partial charge in [0.05, 0.1) is 21.7 Å². The molecule has 2 rings (SSSR count). The van der Waals surface area contributed by atoms with Crippen LogP contribution in [0, 0.1) is 12.7 Å². The lowest BCUT2D eigenvalue weighted by Crippen LogP contribution is -2.06. The molecule has 0 bridgehead atoms. The van der Waals surface area contributed by atoms with Crippen LogP contribution in [0.15, 0.2) is 22.7 Å². The molecule has 0 radical (unpaired) electrons. The molecule has 3 nitrogen and oxygen atoms in total. The predicted molar refractivity (Wildman–Crippen MR) is 69.6 cm³/mol. The maximum absolute atomic E-state index is 13.0. The Morgan fingerprint density at radius 3 is 2.76 bits per heavy atom. The molecule has 1 heterocycles. The number of aryl methyl sites for hydroxylation is 1. The minimum absolute atomic E-state index is 0.101. The van der Waals surface area contributed by atoms with Crippen molar-refractivity contribution in [3.8, 4) is 0 Å². The van der Waals surface area contributed by atoms with Crippen LogP contribution in [0.4, 0.5) is 10.2 Å². The van der Waals surface area contributed by atoms with Crippen LogP contribution in [0.3, 0.4) is 0 Å². The van der Waals surface area contributed by atoms with Crippen LogP contribution in [0.25, 0.3) is 0 Å². The van der Waals surface area contributed by atoms with E-state index in [1.807, 2.05) is 6.92 Å². The summed E-state index contributed by atoms with van der Waals surface area (Å²) in [6, 6.07) is 4.56. The van der Waals surface area contributed by atoms with Crippen molar-refractivity contribution in [3.05, 3.63) is 44.8 Å². The van der Waals surface area contributed by atoms with Crippen LogP contribution in [0.1, 0.15) is 11.3 Å². The van der Waals surface area contributed by atoms with Gasteiger partial charge in [-0.3, -0.25) is 0 Å². The summed E-state index contributed by atoms with van der Waals surface area (Å²) in [7, 11) is 0. The summed E-state index contributed by atoms with van der Waals surface area (Å²) < 4.78 is 15.4. The van der Waals surface area contributed by atoms with Crippen LogP contribution in [-0.4, -0.2) is 9.78 Å². The molecular formula is C11H10BrClFN3. The van der Waals surface area contributed by atoms with Gasteiger partial charge in [0.1, 0.15) is 11.6 Å². The van der Waals surface area contributed by atoms with Gasteiger partial charge < -0.3 is 5.73 Å². The van der Waals surface area contributed by atoms with Crippen molar-refractivity contribution >= 4 is 33.3 Å². The van der Waals surface area contributed by atoms with E-state index in [4.69, 9.17) is 17.3 Å². The average molecular weight is 319 g/mol. The van der Waals surface area contributed by atoms with Crippen molar-refractivity contribution in [2.75, 3.05) is 5.73 Å². The second kappa shape index (κ2) is 4.66. The van der Waals surface area contributed by atoms with E-state index in [9.17, 15) is 4.39 Å². The van der Waals surface area contributed by atoms with Gasteiger partial charge in [-0.1, -0.05) is 17.7 Å². The average Bonchev–Trinajstić information content (AvgIpc) is 2.52. The lowest BCUT2D eigenvalue weighted by atomic mass is 10.2. The Labute approximate surface area is 112 Å². The van der Waals surface area contributed by atoms with Gasteiger partial charge in [0.25, 0.3) is 0 Å². The second-order valence-corrected chi connectivity index (χ2v) is 4.89. The van der Waals surface area contributed by atoms with E-state index in [1.54, 1.807) is 16.8 Å². The molecule has 0 atom stereocenters. The Balaban J connectivity index is 2.31. The lowest BCUT2D eigenvalue weighted by Gasteiger charge is -2.05. The number of nitrogens with two attached hydrogens (primary N) is 1. The maximum atomic E-state index is 13.0. The highest BCUT2D eigenvalue weighted by molar-refractivity contribution is 9.10. The number of hydrogen-bond acceptors (Lipinski definition) is 2. The Morgan fingerprint density at radius 2 is 2.24 bits per heavy atom. The molecule has 0 aliphatic carbocycles. The van der Waals surface area contributed by atoms with E-state index < -0.39 is 5.82 Å². The molecule has 0 amide bonds. The van der Waals surface area contributed by atoms with Crippen molar-refractivity contribution in [1.29, 1.82) is 0 Å². The highest BCUT2D eigenvalue weighted by Gasteiger charge is 2.10. The van der Waals surface area contributed by atoms with Gasteiger partial charge in [-0.05, 0) is 40.5 Å². The van der Waals surface area contributed by atoms with Crippen molar-refractivity contribution in [2.24, 2.45) is 0 Å². The lowest BCUT2D eigenvalue weighted by molar-refractivity contribution is 0.625.